The summed E-state index contributed by atoms with van der Waals surface area (Å²) in [4.78, 5) is 14.2. The first kappa shape index (κ1) is 14.8. The zero-order valence-electron chi connectivity index (χ0n) is 11.2. The van der Waals surface area contributed by atoms with Gasteiger partial charge in [0.25, 0.3) is 0 Å². The molecule has 1 fully saturated rings. The number of rotatable bonds is 5. The molecule has 1 amide bonds. The topological polar surface area (TPSA) is 91.0 Å². The molecule has 0 saturated carbocycles. The number of oxime groups is 1. The lowest BCUT2D eigenvalue weighted by Gasteiger charge is -2.30. The standard InChI is InChI=1S/C12H24N4O2/c1-3-10(11(13)15-18)12(17)14-7-9-5-4-6-16(2)8-9/h9-10,18H,3-8H2,1-2H3,(H2,13,15)(H,14,17). The molecule has 2 atom stereocenters. The van der Waals surface area contributed by atoms with Crippen molar-refractivity contribution >= 4 is 11.7 Å². The van der Waals surface area contributed by atoms with Crippen LogP contribution >= 0.6 is 0 Å². The molecule has 0 aliphatic carbocycles. The molecule has 18 heavy (non-hydrogen) atoms. The van der Waals surface area contributed by atoms with E-state index in [2.05, 4.69) is 22.4 Å². The molecule has 6 heteroatoms. The van der Waals surface area contributed by atoms with Crippen molar-refractivity contribution < 1.29 is 10.0 Å². The minimum atomic E-state index is -0.531. The highest BCUT2D eigenvalue weighted by atomic mass is 16.4. The number of carbonyl (C=O) groups excluding carboxylic acids is 1. The number of hydrogen-bond acceptors (Lipinski definition) is 4. The van der Waals surface area contributed by atoms with Gasteiger partial charge in [-0.3, -0.25) is 4.79 Å². The molecule has 0 spiro atoms. The van der Waals surface area contributed by atoms with Crippen LogP contribution in [-0.2, 0) is 4.79 Å². The molecular weight excluding hydrogens is 232 g/mol. The Hall–Kier alpha value is -1.30. The van der Waals surface area contributed by atoms with Crippen molar-refractivity contribution in [3.8, 4) is 0 Å². The summed E-state index contributed by atoms with van der Waals surface area (Å²) in [5.74, 6) is -0.203. The van der Waals surface area contributed by atoms with Crippen molar-refractivity contribution in [3.63, 3.8) is 0 Å². The van der Waals surface area contributed by atoms with Crippen LogP contribution in [-0.4, -0.2) is 48.5 Å². The van der Waals surface area contributed by atoms with Crippen LogP contribution in [0.15, 0.2) is 5.16 Å². The third kappa shape index (κ3) is 4.18. The van der Waals surface area contributed by atoms with E-state index in [0.717, 1.165) is 19.5 Å². The van der Waals surface area contributed by atoms with Crippen molar-refractivity contribution in [2.45, 2.75) is 26.2 Å². The molecular formula is C12H24N4O2. The summed E-state index contributed by atoms with van der Waals surface area (Å²) in [5, 5.41) is 14.4. The lowest BCUT2D eigenvalue weighted by molar-refractivity contribution is -0.123. The quantitative estimate of drug-likeness (QED) is 0.284. The van der Waals surface area contributed by atoms with Gasteiger partial charge in [-0.2, -0.15) is 0 Å². The summed E-state index contributed by atoms with van der Waals surface area (Å²) in [6.07, 6.45) is 2.85. The van der Waals surface area contributed by atoms with Gasteiger partial charge in [0.1, 0.15) is 0 Å². The predicted molar refractivity (Wildman–Crippen MR) is 70.4 cm³/mol. The summed E-state index contributed by atoms with van der Waals surface area (Å²) in [6.45, 7) is 4.65. The zero-order chi connectivity index (χ0) is 13.5. The Morgan fingerprint density at radius 3 is 2.94 bits per heavy atom. The summed E-state index contributed by atoms with van der Waals surface area (Å²) in [7, 11) is 2.10. The van der Waals surface area contributed by atoms with Crippen LogP contribution < -0.4 is 11.1 Å². The van der Waals surface area contributed by atoms with Crippen molar-refractivity contribution in [1.29, 1.82) is 0 Å². The van der Waals surface area contributed by atoms with Gasteiger partial charge in [0, 0.05) is 13.1 Å². The van der Waals surface area contributed by atoms with Crippen molar-refractivity contribution in [2.75, 3.05) is 26.7 Å². The molecule has 6 nitrogen and oxygen atoms in total. The number of hydrogen-bond donors (Lipinski definition) is 3. The molecule has 0 radical (unpaired) electrons. The first-order valence-electron chi connectivity index (χ1n) is 6.52. The van der Waals surface area contributed by atoms with Crippen molar-refractivity contribution in [1.82, 2.24) is 10.2 Å². The fourth-order valence-electron chi connectivity index (χ4n) is 2.41. The maximum atomic E-state index is 11.9. The number of amidine groups is 1. The van der Waals surface area contributed by atoms with Crippen LogP contribution in [0.3, 0.4) is 0 Å². The Morgan fingerprint density at radius 2 is 2.39 bits per heavy atom. The fraction of sp³-hybridized carbons (Fsp3) is 0.833. The molecule has 1 aliphatic rings. The number of nitrogens with one attached hydrogen (secondary N) is 1. The van der Waals surface area contributed by atoms with Crippen LogP contribution in [0.4, 0.5) is 0 Å². The average molecular weight is 256 g/mol. The van der Waals surface area contributed by atoms with E-state index in [4.69, 9.17) is 10.9 Å². The molecule has 0 bridgehead atoms. The van der Waals surface area contributed by atoms with Gasteiger partial charge >= 0.3 is 0 Å². The van der Waals surface area contributed by atoms with E-state index >= 15 is 0 Å². The van der Waals surface area contributed by atoms with Crippen LogP contribution in [0, 0.1) is 11.8 Å². The second kappa shape index (κ2) is 7.20. The molecule has 1 heterocycles. The third-order valence-corrected chi connectivity index (χ3v) is 3.48. The van der Waals surface area contributed by atoms with E-state index < -0.39 is 5.92 Å². The predicted octanol–water partition coefficient (Wildman–Crippen LogP) is 0.217. The molecule has 2 unspecified atom stereocenters. The number of carbonyl (C=O) groups is 1. The number of piperidine rings is 1. The summed E-state index contributed by atoms with van der Waals surface area (Å²) >= 11 is 0. The Morgan fingerprint density at radius 1 is 1.67 bits per heavy atom. The van der Waals surface area contributed by atoms with Crippen LogP contribution in [0.2, 0.25) is 0 Å². The number of likely N-dealkylation sites (tertiary alicyclic amines) is 1. The molecule has 0 aromatic carbocycles. The SMILES string of the molecule is CCC(C(=O)NCC1CCCN(C)C1)C(N)=NO. The van der Waals surface area contributed by atoms with Gasteiger partial charge in [-0.25, -0.2) is 0 Å². The first-order valence-corrected chi connectivity index (χ1v) is 6.52. The van der Waals surface area contributed by atoms with Gasteiger partial charge in [0.2, 0.25) is 5.91 Å². The second-order valence-electron chi connectivity index (χ2n) is 5.00. The van der Waals surface area contributed by atoms with E-state index in [1.165, 1.54) is 6.42 Å². The monoisotopic (exact) mass is 256 g/mol. The Balaban J connectivity index is 2.39. The van der Waals surface area contributed by atoms with Crippen LogP contribution in [0.1, 0.15) is 26.2 Å². The van der Waals surface area contributed by atoms with Gasteiger partial charge in [0.05, 0.1) is 5.92 Å². The number of nitrogens with zero attached hydrogens (tertiary/aromatic N) is 2. The minimum absolute atomic E-state index is 0.0178. The van der Waals surface area contributed by atoms with E-state index in [9.17, 15) is 4.79 Å². The third-order valence-electron chi connectivity index (χ3n) is 3.48. The zero-order valence-corrected chi connectivity index (χ0v) is 11.2. The Kier molecular flexibility index (Phi) is 5.91. The van der Waals surface area contributed by atoms with E-state index in [-0.39, 0.29) is 11.7 Å². The van der Waals surface area contributed by atoms with Gasteiger partial charge in [-0.15, -0.1) is 0 Å². The highest BCUT2D eigenvalue weighted by Gasteiger charge is 2.23. The minimum Gasteiger partial charge on any atom is -0.409 e. The maximum Gasteiger partial charge on any atom is 0.230 e. The fourth-order valence-corrected chi connectivity index (χ4v) is 2.41. The Bertz CT molecular complexity index is 306. The van der Waals surface area contributed by atoms with Gasteiger partial charge in [0.15, 0.2) is 5.84 Å². The number of amides is 1. The molecule has 0 aromatic heterocycles. The molecule has 1 rings (SSSR count). The molecule has 4 N–H and O–H groups in total. The van der Waals surface area contributed by atoms with Crippen molar-refractivity contribution in [3.05, 3.63) is 0 Å². The molecule has 1 aliphatic heterocycles. The lowest BCUT2D eigenvalue weighted by atomic mass is 9.97. The van der Waals surface area contributed by atoms with Gasteiger partial charge < -0.3 is 21.2 Å². The lowest BCUT2D eigenvalue weighted by Crippen LogP contribution is -2.43. The van der Waals surface area contributed by atoms with Gasteiger partial charge in [-0.1, -0.05) is 12.1 Å². The Labute approximate surface area is 108 Å². The first-order chi connectivity index (χ1) is 8.58. The van der Waals surface area contributed by atoms with Crippen molar-refractivity contribution in [2.24, 2.45) is 22.7 Å². The second-order valence-corrected chi connectivity index (χ2v) is 5.00. The summed E-state index contributed by atoms with van der Waals surface area (Å²) in [6, 6.07) is 0. The maximum absolute atomic E-state index is 11.9. The molecule has 1 saturated heterocycles. The van der Waals surface area contributed by atoms with E-state index in [0.29, 0.717) is 18.9 Å². The summed E-state index contributed by atoms with van der Waals surface area (Å²) < 4.78 is 0. The average Bonchev–Trinajstić information content (AvgIpc) is 2.37. The highest BCUT2D eigenvalue weighted by molar-refractivity contribution is 6.01. The number of nitrogens with two attached hydrogens (primary N) is 1. The summed E-state index contributed by atoms with van der Waals surface area (Å²) in [5.41, 5.74) is 5.49. The highest BCUT2D eigenvalue weighted by Crippen LogP contribution is 2.14. The smallest absolute Gasteiger partial charge is 0.230 e. The largest absolute Gasteiger partial charge is 0.409 e. The van der Waals surface area contributed by atoms with E-state index in [1.54, 1.807) is 0 Å². The van der Waals surface area contributed by atoms with Gasteiger partial charge in [-0.05, 0) is 38.8 Å². The van der Waals surface area contributed by atoms with Crippen LogP contribution in [0.5, 0.6) is 0 Å². The van der Waals surface area contributed by atoms with E-state index in [1.807, 2.05) is 6.92 Å². The molecule has 0 aromatic rings. The normalized spacial score (nSPS) is 23.7. The van der Waals surface area contributed by atoms with Crippen LogP contribution in [0.25, 0.3) is 0 Å². The molecule has 104 valence electrons.